The van der Waals surface area contributed by atoms with Crippen LogP contribution in [0.15, 0.2) is 36.4 Å². The first-order chi connectivity index (χ1) is 10.6. The zero-order chi connectivity index (χ0) is 15.9. The van der Waals surface area contributed by atoms with Gasteiger partial charge in [-0.25, -0.2) is 0 Å². The molecule has 5 heteroatoms. The third-order valence-corrected chi connectivity index (χ3v) is 3.94. The standard InChI is InChI=1S/C17H21NO4/c1-22-13-8-6-12(7-9-13)10-11-18-16(19)14-4-2-3-5-15(14)17(20)21/h2-3,6-9,14-15H,4-5,10-11H2,1H3,(H,18,19)(H,20,21)/p-1. The van der Waals surface area contributed by atoms with Crippen LogP contribution in [-0.4, -0.2) is 25.5 Å². The molecule has 0 radical (unpaired) electrons. The Morgan fingerprint density at radius 3 is 2.41 bits per heavy atom. The lowest BCUT2D eigenvalue weighted by molar-refractivity contribution is -0.313. The molecule has 0 aromatic heterocycles. The molecule has 1 N–H and O–H groups in total. The highest BCUT2D eigenvalue weighted by Crippen LogP contribution is 2.25. The van der Waals surface area contributed by atoms with Gasteiger partial charge >= 0.3 is 0 Å². The van der Waals surface area contributed by atoms with Crippen LogP contribution >= 0.6 is 0 Å². The monoisotopic (exact) mass is 302 g/mol. The normalized spacial score (nSPS) is 20.4. The van der Waals surface area contributed by atoms with Crippen LogP contribution < -0.4 is 15.2 Å². The molecule has 2 rings (SSSR count). The van der Waals surface area contributed by atoms with Crippen LogP contribution in [0.2, 0.25) is 0 Å². The van der Waals surface area contributed by atoms with Crippen LogP contribution in [0.4, 0.5) is 0 Å². The maximum atomic E-state index is 12.1. The maximum Gasteiger partial charge on any atom is 0.224 e. The van der Waals surface area contributed by atoms with E-state index in [0.717, 1.165) is 11.3 Å². The Bertz CT molecular complexity index is 550. The lowest BCUT2D eigenvalue weighted by Crippen LogP contribution is -2.44. The predicted octanol–water partition coefficient (Wildman–Crippen LogP) is 0.686. The molecule has 1 aromatic carbocycles. The molecule has 0 heterocycles. The van der Waals surface area contributed by atoms with Crippen LogP contribution in [0, 0.1) is 11.8 Å². The Kier molecular flexibility index (Phi) is 5.58. The molecule has 1 aliphatic rings. The Morgan fingerprint density at radius 1 is 1.18 bits per heavy atom. The van der Waals surface area contributed by atoms with Crippen molar-refractivity contribution in [1.29, 1.82) is 0 Å². The van der Waals surface area contributed by atoms with Crippen LogP contribution in [0.1, 0.15) is 18.4 Å². The number of rotatable bonds is 6. The molecular formula is C17H20NO4-. The Hall–Kier alpha value is -2.30. The quantitative estimate of drug-likeness (QED) is 0.784. The highest BCUT2D eigenvalue weighted by molar-refractivity contribution is 5.84. The second-order valence-corrected chi connectivity index (χ2v) is 5.36. The fourth-order valence-electron chi connectivity index (χ4n) is 2.62. The largest absolute Gasteiger partial charge is 0.550 e. The first kappa shape index (κ1) is 16.1. The molecule has 2 unspecified atom stereocenters. The van der Waals surface area contributed by atoms with Gasteiger partial charge < -0.3 is 20.0 Å². The molecule has 0 fully saturated rings. The summed E-state index contributed by atoms with van der Waals surface area (Å²) in [5.74, 6) is -1.85. The number of carboxylic acids is 1. The smallest absolute Gasteiger partial charge is 0.224 e. The Labute approximate surface area is 130 Å². The Morgan fingerprint density at radius 2 is 1.82 bits per heavy atom. The summed E-state index contributed by atoms with van der Waals surface area (Å²) in [7, 11) is 1.61. The van der Waals surface area contributed by atoms with Crippen molar-refractivity contribution in [3.8, 4) is 5.75 Å². The van der Waals surface area contributed by atoms with E-state index in [1.165, 1.54) is 0 Å². The summed E-state index contributed by atoms with van der Waals surface area (Å²) in [6.45, 7) is 0.477. The van der Waals surface area contributed by atoms with Crippen molar-refractivity contribution in [2.24, 2.45) is 11.8 Å². The van der Waals surface area contributed by atoms with E-state index in [-0.39, 0.29) is 5.91 Å². The molecule has 0 saturated heterocycles. The van der Waals surface area contributed by atoms with Crippen LogP contribution in [0.3, 0.4) is 0 Å². The van der Waals surface area contributed by atoms with Gasteiger partial charge in [0.15, 0.2) is 0 Å². The van der Waals surface area contributed by atoms with Crippen molar-refractivity contribution in [1.82, 2.24) is 5.32 Å². The summed E-state index contributed by atoms with van der Waals surface area (Å²) in [6.07, 6.45) is 5.15. The number of ether oxygens (including phenoxy) is 1. The summed E-state index contributed by atoms with van der Waals surface area (Å²) in [4.78, 5) is 23.2. The van der Waals surface area contributed by atoms with Gasteiger partial charge in [-0.2, -0.15) is 0 Å². The first-order valence-electron chi connectivity index (χ1n) is 7.38. The van der Waals surface area contributed by atoms with Gasteiger partial charge in [-0.3, -0.25) is 4.79 Å². The first-order valence-corrected chi connectivity index (χ1v) is 7.38. The maximum absolute atomic E-state index is 12.1. The minimum atomic E-state index is -1.15. The zero-order valence-electron chi connectivity index (χ0n) is 12.6. The third-order valence-electron chi connectivity index (χ3n) is 3.94. The van der Waals surface area contributed by atoms with Crippen molar-refractivity contribution in [2.75, 3.05) is 13.7 Å². The summed E-state index contributed by atoms with van der Waals surface area (Å²) in [5.41, 5.74) is 1.08. The van der Waals surface area contributed by atoms with Gasteiger partial charge in [-0.05, 0) is 37.0 Å². The van der Waals surface area contributed by atoms with Gasteiger partial charge in [0.1, 0.15) is 5.75 Å². The third kappa shape index (κ3) is 4.10. The number of allylic oxidation sites excluding steroid dienone is 2. The molecule has 118 valence electrons. The zero-order valence-corrected chi connectivity index (χ0v) is 12.6. The van der Waals surface area contributed by atoms with Gasteiger partial charge in [0.25, 0.3) is 0 Å². The van der Waals surface area contributed by atoms with Crippen LogP contribution in [0.25, 0.3) is 0 Å². The summed E-state index contributed by atoms with van der Waals surface area (Å²) >= 11 is 0. The van der Waals surface area contributed by atoms with E-state index in [1.54, 1.807) is 13.2 Å². The molecule has 0 aliphatic heterocycles. The van der Waals surface area contributed by atoms with E-state index in [1.807, 2.05) is 30.3 Å². The number of aliphatic carboxylic acids is 1. The number of carbonyl (C=O) groups is 2. The van der Waals surface area contributed by atoms with E-state index in [0.29, 0.717) is 25.8 Å². The molecule has 0 spiro atoms. The lowest BCUT2D eigenvalue weighted by Gasteiger charge is -2.28. The van der Waals surface area contributed by atoms with Crippen molar-refractivity contribution in [3.05, 3.63) is 42.0 Å². The lowest BCUT2D eigenvalue weighted by atomic mass is 9.82. The van der Waals surface area contributed by atoms with E-state index in [9.17, 15) is 14.7 Å². The molecule has 22 heavy (non-hydrogen) atoms. The van der Waals surface area contributed by atoms with Crippen molar-refractivity contribution in [3.63, 3.8) is 0 Å². The van der Waals surface area contributed by atoms with Gasteiger partial charge in [-0.15, -0.1) is 0 Å². The highest BCUT2D eigenvalue weighted by atomic mass is 16.5. The fraction of sp³-hybridized carbons (Fsp3) is 0.412. The molecule has 1 amide bonds. The number of nitrogens with one attached hydrogen (secondary N) is 1. The molecular weight excluding hydrogens is 282 g/mol. The average molecular weight is 302 g/mol. The number of benzene rings is 1. The number of hydrogen-bond acceptors (Lipinski definition) is 4. The molecule has 0 saturated carbocycles. The van der Waals surface area contributed by atoms with Gasteiger partial charge in [0.2, 0.25) is 5.91 Å². The van der Waals surface area contributed by atoms with Crippen LogP contribution in [-0.2, 0) is 16.0 Å². The molecule has 5 nitrogen and oxygen atoms in total. The van der Waals surface area contributed by atoms with Gasteiger partial charge in [0, 0.05) is 24.3 Å². The minimum Gasteiger partial charge on any atom is -0.550 e. The second-order valence-electron chi connectivity index (χ2n) is 5.36. The molecule has 2 atom stereocenters. The SMILES string of the molecule is COc1ccc(CCNC(=O)C2CC=CCC2C(=O)[O-])cc1. The van der Waals surface area contributed by atoms with Crippen molar-refractivity contribution >= 4 is 11.9 Å². The minimum absolute atomic E-state index is 0.216. The Balaban J connectivity index is 1.83. The number of hydrogen-bond donors (Lipinski definition) is 1. The molecule has 1 aliphatic carbocycles. The number of methoxy groups -OCH3 is 1. The number of carboxylic acid groups (broad SMARTS) is 1. The fourth-order valence-corrected chi connectivity index (χ4v) is 2.62. The van der Waals surface area contributed by atoms with Gasteiger partial charge in [-0.1, -0.05) is 24.3 Å². The average Bonchev–Trinajstić information content (AvgIpc) is 2.55. The summed E-state index contributed by atoms with van der Waals surface area (Å²) < 4.78 is 5.09. The van der Waals surface area contributed by atoms with Crippen molar-refractivity contribution < 1.29 is 19.4 Å². The highest BCUT2D eigenvalue weighted by Gasteiger charge is 2.29. The summed E-state index contributed by atoms with van der Waals surface area (Å²) in [6, 6.07) is 7.63. The molecule has 0 bridgehead atoms. The summed E-state index contributed by atoms with van der Waals surface area (Å²) in [5, 5.41) is 13.9. The van der Waals surface area contributed by atoms with E-state index in [2.05, 4.69) is 5.32 Å². The number of amides is 1. The number of carbonyl (C=O) groups excluding carboxylic acids is 2. The van der Waals surface area contributed by atoms with Crippen LogP contribution in [0.5, 0.6) is 5.75 Å². The topological polar surface area (TPSA) is 78.5 Å². The van der Waals surface area contributed by atoms with E-state index >= 15 is 0 Å². The molecule has 1 aromatic rings. The van der Waals surface area contributed by atoms with E-state index < -0.39 is 17.8 Å². The predicted molar refractivity (Wildman–Crippen MR) is 80.1 cm³/mol. The second kappa shape index (κ2) is 7.64. The van der Waals surface area contributed by atoms with Crippen molar-refractivity contribution in [2.45, 2.75) is 19.3 Å². The van der Waals surface area contributed by atoms with E-state index in [4.69, 9.17) is 4.74 Å². The van der Waals surface area contributed by atoms with Gasteiger partial charge in [0.05, 0.1) is 7.11 Å².